The molecule has 1 heterocycles. The molecule has 0 fully saturated rings. The molecular weight excluding hydrogens is 96.0 g/mol. The molecule has 0 amide bonds. The zero-order valence-electron chi connectivity index (χ0n) is 3.33. The molecule has 0 saturated heterocycles. The number of rotatable bonds is 1. The van der Waals surface area contributed by atoms with Gasteiger partial charge in [0, 0.05) is 5.18 Å². The Balaban J connectivity index is 2.96. The molecule has 0 unspecified atom stereocenters. The maximum Gasteiger partial charge on any atom is 0.309 e. The van der Waals surface area contributed by atoms with E-state index in [4.69, 9.17) is 0 Å². The Morgan fingerprint density at radius 1 is 1.86 bits per heavy atom. The molecule has 36 valence electrons. The minimum Gasteiger partial charge on any atom is -0.264 e. The molecule has 0 aliphatic heterocycles. The van der Waals surface area contributed by atoms with Gasteiger partial charge in [0.25, 0.3) is 0 Å². The summed E-state index contributed by atoms with van der Waals surface area (Å²) in [7, 11) is 0. The van der Waals surface area contributed by atoms with E-state index in [-0.39, 0.29) is 5.95 Å². The van der Waals surface area contributed by atoms with Gasteiger partial charge >= 0.3 is 5.95 Å². The van der Waals surface area contributed by atoms with Gasteiger partial charge in [0.05, 0.1) is 0 Å². The van der Waals surface area contributed by atoms with E-state index < -0.39 is 0 Å². The summed E-state index contributed by atoms with van der Waals surface area (Å²) in [6.07, 6.45) is 1.29. The zero-order chi connectivity index (χ0) is 5.11. The third-order valence-corrected chi connectivity index (χ3v) is 0.484. The van der Waals surface area contributed by atoms with Crippen LogP contribution in [0, 0.1) is 4.91 Å². The summed E-state index contributed by atoms with van der Waals surface area (Å²) in [5, 5.41) is 8.07. The topological polar surface area (TPSA) is 71.0 Å². The van der Waals surface area contributed by atoms with E-state index in [2.05, 4.69) is 20.4 Å². The van der Waals surface area contributed by atoms with E-state index in [1.807, 2.05) is 0 Å². The summed E-state index contributed by atoms with van der Waals surface area (Å²) in [6.45, 7) is 0. The van der Waals surface area contributed by atoms with Crippen LogP contribution in [0.4, 0.5) is 5.95 Å². The molecule has 0 aromatic carbocycles. The molecule has 1 aromatic heterocycles. The molecule has 7 heavy (non-hydrogen) atoms. The number of hydrogen-bond acceptors (Lipinski definition) is 4. The fourth-order valence-electron chi connectivity index (χ4n) is 0.246. The Bertz CT molecular complexity index is 145. The van der Waals surface area contributed by atoms with Crippen LogP contribution in [0.2, 0.25) is 0 Å². The lowest BCUT2D eigenvalue weighted by Crippen LogP contribution is -1.61. The molecule has 1 aromatic rings. The van der Waals surface area contributed by atoms with Crippen LogP contribution in [-0.4, -0.2) is 15.2 Å². The molecule has 1 rings (SSSR count). The Labute approximate surface area is 38.7 Å². The lowest BCUT2D eigenvalue weighted by molar-refractivity contribution is 1.08. The molecule has 0 radical (unpaired) electrons. The van der Waals surface area contributed by atoms with Crippen molar-refractivity contribution < 1.29 is 0 Å². The first kappa shape index (κ1) is 3.91. The minimum absolute atomic E-state index is 0.0556. The van der Waals surface area contributed by atoms with Crippen molar-refractivity contribution in [1.82, 2.24) is 15.2 Å². The third-order valence-electron chi connectivity index (χ3n) is 0.484. The van der Waals surface area contributed by atoms with Crippen LogP contribution in [0.1, 0.15) is 0 Å². The molecule has 0 atom stereocenters. The monoisotopic (exact) mass is 98.0 g/mol. The van der Waals surface area contributed by atoms with Gasteiger partial charge in [-0.25, -0.2) is 0 Å². The first-order chi connectivity index (χ1) is 3.43. The molecule has 0 saturated carbocycles. The Morgan fingerprint density at radius 2 is 2.71 bits per heavy atom. The molecular formula is C2H2N4O. The van der Waals surface area contributed by atoms with E-state index in [0.29, 0.717) is 0 Å². The third kappa shape index (κ3) is 0.594. The van der Waals surface area contributed by atoms with Gasteiger partial charge in [0.2, 0.25) is 0 Å². The maximum atomic E-state index is 9.47. The van der Waals surface area contributed by atoms with Crippen molar-refractivity contribution in [3.63, 3.8) is 0 Å². The fraction of sp³-hybridized carbons (Fsp3) is 0. The smallest absolute Gasteiger partial charge is 0.264 e. The normalized spacial score (nSPS) is 8.57. The Hall–Kier alpha value is -1.26. The lowest BCUT2D eigenvalue weighted by atomic mass is 11.1. The van der Waals surface area contributed by atoms with Crippen molar-refractivity contribution in [3.05, 3.63) is 11.2 Å². The first-order valence-electron chi connectivity index (χ1n) is 1.62. The predicted molar refractivity (Wildman–Crippen MR) is 21.8 cm³/mol. The fourth-order valence-corrected chi connectivity index (χ4v) is 0.246. The summed E-state index contributed by atoms with van der Waals surface area (Å²) < 4.78 is 0. The molecule has 0 spiro atoms. The SMILES string of the molecule is O=Nc1nc[nH]n1. The maximum absolute atomic E-state index is 9.47. The van der Waals surface area contributed by atoms with Crippen LogP contribution in [0.3, 0.4) is 0 Å². The molecule has 0 aliphatic rings. The molecule has 1 N–H and O–H groups in total. The minimum atomic E-state index is -0.0556. The average Bonchev–Trinajstić information content (AvgIpc) is 2.14. The van der Waals surface area contributed by atoms with Crippen LogP contribution in [-0.2, 0) is 0 Å². The Kier molecular flexibility index (Phi) is 0.816. The quantitative estimate of drug-likeness (QED) is 0.510. The van der Waals surface area contributed by atoms with E-state index in [9.17, 15) is 4.91 Å². The van der Waals surface area contributed by atoms with Crippen LogP contribution < -0.4 is 0 Å². The lowest BCUT2D eigenvalue weighted by Gasteiger charge is -1.61. The van der Waals surface area contributed by atoms with Gasteiger partial charge in [-0.1, -0.05) is 0 Å². The standard InChI is InChI=1S/C2H2N4O/c7-6-2-3-1-4-5-2/h1H,(H,3,4,5). The van der Waals surface area contributed by atoms with E-state index >= 15 is 0 Å². The summed E-state index contributed by atoms with van der Waals surface area (Å²) >= 11 is 0. The summed E-state index contributed by atoms with van der Waals surface area (Å²) in [6, 6.07) is 0. The Morgan fingerprint density at radius 3 is 3.00 bits per heavy atom. The number of nitroso groups, excluding NO2 is 1. The van der Waals surface area contributed by atoms with Gasteiger partial charge in [-0.15, -0.1) is 10.0 Å². The van der Waals surface area contributed by atoms with Crippen molar-refractivity contribution in [1.29, 1.82) is 0 Å². The first-order valence-corrected chi connectivity index (χ1v) is 1.62. The average molecular weight is 98.1 g/mol. The van der Waals surface area contributed by atoms with E-state index in [1.54, 1.807) is 0 Å². The van der Waals surface area contributed by atoms with Gasteiger partial charge in [-0.05, 0) is 0 Å². The van der Waals surface area contributed by atoms with Gasteiger partial charge in [0.15, 0.2) is 0 Å². The predicted octanol–water partition coefficient (Wildman–Crippen LogP) is 0.203. The van der Waals surface area contributed by atoms with Crippen LogP contribution in [0.15, 0.2) is 11.5 Å². The number of H-pyrrole nitrogens is 1. The number of aromatic nitrogens is 3. The highest BCUT2D eigenvalue weighted by atomic mass is 16.3. The van der Waals surface area contributed by atoms with Crippen molar-refractivity contribution >= 4 is 5.95 Å². The number of hydrogen-bond donors (Lipinski definition) is 1. The van der Waals surface area contributed by atoms with Crippen molar-refractivity contribution in [2.45, 2.75) is 0 Å². The van der Waals surface area contributed by atoms with Gasteiger partial charge < -0.3 is 0 Å². The van der Waals surface area contributed by atoms with E-state index in [0.717, 1.165) is 0 Å². The van der Waals surface area contributed by atoms with E-state index in [1.165, 1.54) is 6.33 Å². The second-order valence-corrected chi connectivity index (χ2v) is 0.890. The van der Waals surface area contributed by atoms with Crippen LogP contribution >= 0.6 is 0 Å². The zero-order valence-corrected chi connectivity index (χ0v) is 3.33. The van der Waals surface area contributed by atoms with Gasteiger partial charge in [-0.3, -0.25) is 5.10 Å². The van der Waals surface area contributed by atoms with Gasteiger partial charge in [0.1, 0.15) is 6.33 Å². The second kappa shape index (κ2) is 1.46. The number of nitrogens with zero attached hydrogens (tertiary/aromatic N) is 3. The summed E-state index contributed by atoms with van der Waals surface area (Å²) in [4.78, 5) is 12.9. The highest BCUT2D eigenvalue weighted by Crippen LogP contribution is 1.93. The molecule has 0 bridgehead atoms. The largest absolute Gasteiger partial charge is 0.309 e. The highest BCUT2D eigenvalue weighted by molar-refractivity contribution is 5.06. The number of aromatic amines is 1. The molecule has 5 heteroatoms. The molecule has 0 aliphatic carbocycles. The van der Waals surface area contributed by atoms with Crippen LogP contribution in [0.25, 0.3) is 0 Å². The summed E-state index contributed by atoms with van der Waals surface area (Å²) in [5.41, 5.74) is 0. The summed E-state index contributed by atoms with van der Waals surface area (Å²) in [5.74, 6) is -0.0556. The van der Waals surface area contributed by atoms with Crippen molar-refractivity contribution in [2.24, 2.45) is 5.18 Å². The van der Waals surface area contributed by atoms with Crippen molar-refractivity contribution in [2.75, 3.05) is 0 Å². The second-order valence-electron chi connectivity index (χ2n) is 0.890. The number of nitrogens with one attached hydrogen (secondary N) is 1. The van der Waals surface area contributed by atoms with Crippen molar-refractivity contribution in [3.8, 4) is 0 Å². The van der Waals surface area contributed by atoms with Crippen LogP contribution in [0.5, 0.6) is 0 Å². The molecule has 5 nitrogen and oxygen atoms in total. The van der Waals surface area contributed by atoms with Gasteiger partial charge in [-0.2, -0.15) is 4.98 Å². The highest BCUT2D eigenvalue weighted by Gasteiger charge is 1.87.